The van der Waals surface area contributed by atoms with Gasteiger partial charge in [0.25, 0.3) is 0 Å². The lowest BCUT2D eigenvalue weighted by atomic mass is 10.1. The quantitative estimate of drug-likeness (QED) is 0.479. The van der Waals surface area contributed by atoms with Crippen LogP contribution in [0.15, 0.2) is 30.6 Å². The molecule has 2 fully saturated rings. The highest BCUT2D eigenvalue weighted by Crippen LogP contribution is 2.34. The minimum absolute atomic E-state index is 0.145. The lowest BCUT2D eigenvalue weighted by Crippen LogP contribution is -2.26. The smallest absolute Gasteiger partial charge is 0.338 e. The summed E-state index contributed by atoms with van der Waals surface area (Å²) in [6.45, 7) is 1.95. The summed E-state index contributed by atoms with van der Waals surface area (Å²) in [6.07, 6.45) is 8.06. The number of nitrogens with two attached hydrogens (primary N) is 1. The molecule has 1 saturated carbocycles. The van der Waals surface area contributed by atoms with E-state index in [4.69, 9.17) is 21.6 Å². The Kier molecular flexibility index (Phi) is 4.71. The predicted octanol–water partition coefficient (Wildman–Crippen LogP) is 2.44. The van der Waals surface area contributed by atoms with Crippen molar-refractivity contribution in [2.24, 2.45) is 0 Å². The molecule has 1 saturated heterocycles. The Morgan fingerprint density at radius 3 is 2.81 bits per heavy atom. The molecule has 9 nitrogen and oxygen atoms in total. The van der Waals surface area contributed by atoms with E-state index in [1.807, 2.05) is 19.1 Å². The molecule has 3 atom stereocenters. The van der Waals surface area contributed by atoms with Gasteiger partial charge in [-0.1, -0.05) is 23.6 Å². The molecule has 3 heterocycles. The van der Waals surface area contributed by atoms with E-state index in [-0.39, 0.29) is 5.95 Å². The van der Waals surface area contributed by atoms with Crippen molar-refractivity contribution in [3.05, 3.63) is 41.7 Å². The average Bonchev–Trinajstić information content (AvgIpc) is 3.32. The normalized spacial score (nSPS) is 22.9. The Morgan fingerprint density at radius 2 is 2.10 bits per heavy atom. The molecular weight excluding hydrogens is 396 g/mol. The van der Waals surface area contributed by atoms with Crippen molar-refractivity contribution < 1.29 is 14.3 Å². The summed E-state index contributed by atoms with van der Waals surface area (Å²) in [5.41, 5.74) is 8.61. The molecule has 0 amide bonds. The number of esters is 1. The van der Waals surface area contributed by atoms with Crippen LogP contribution in [-0.4, -0.2) is 43.7 Å². The van der Waals surface area contributed by atoms with Crippen LogP contribution in [0.1, 0.15) is 41.4 Å². The molecule has 1 aliphatic carbocycles. The van der Waals surface area contributed by atoms with Gasteiger partial charge in [-0.05, 0) is 31.9 Å². The first-order chi connectivity index (χ1) is 15.0. The number of anilines is 2. The first kappa shape index (κ1) is 19.3. The van der Waals surface area contributed by atoms with E-state index in [0.717, 1.165) is 18.4 Å². The zero-order chi connectivity index (χ0) is 21.5. The molecule has 0 unspecified atom stereocenters. The fourth-order valence-electron chi connectivity index (χ4n) is 3.63. The van der Waals surface area contributed by atoms with Gasteiger partial charge in [-0.2, -0.15) is 9.97 Å². The maximum absolute atomic E-state index is 12.6. The molecule has 1 aliphatic heterocycles. The van der Waals surface area contributed by atoms with Crippen LogP contribution >= 0.6 is 0 Å². The molecule has 0 bridgehead atoms. The second-order valence-electron chi connectivity index (χ2n) is 7.90. The SMILES string of the molecule is C#C[C@H]1O[C@@H](n2cnc3c(NC4CC4)nc(N)nc32)C[C@@H]1OC(=O)c1ccc(C)cc1. The molecule has 3 aromatic rings. The number of ether oxygens (including phenoxy) is 2. The second-order valence-corrected chi connectivity index (χ2v) is 7.90. The fourth-order valence-corrected chi connectivity index (χ4v) is 3.63. The van der Waals surface area contributed by atoms with Crippen molar-refractivity contribution in [3.8, 4) is 12.3 Å². The lowest BCUT2D eigenvalue weighted by molar-refractivity contribution is -0.00197. The Labute approximate surface area is 179 Å². The van der Waals surface area contributed by atoms with Gasteiger partial charge in [-0.3, -0.25) is 4.57 Å². The number of carbonyl (C=O) groups is 1. The molecule has 2 aliphatic rings. The third-order valence-corrected chi connectivity index (χ3v) is 5.45. The van der Waals surface area contributed by atoms with Gasteiger partial charge in [0.05, 0.1) is 11.9 Å². The minimum atomic E-state index is -0.680. The topological polar surface area (TPSA) is 117 Å². The number of aromatic nitrogens is 4. The van der Waals surface area contributed by atoms with E-state index in [9.17, 15) is 4.79 Å². The third-order valence-electron chi connectivity index (χ3n) is 5.45. The fraction of sp³-hybridized carbons (Fsp3) is 0.364. The number of terminal acetylenes is 1. The van der Waals surface area contributed by atoms with Crippen molar-refractivity contribution in [2.75, 3.05) is 11.1 Å². The maximum atomic E-state index is 12.6. The van der Waals surface area contributed by atoms with Gasteiger partial charge in [0.15, 0.2) is 23.1 Å². The van der Waals surface area contributed by atoms with Crippen LogP contribution in [0.5, 0.6) is 0 Å². The molecule has 2 aromatic heterocycles. The molecule has 5 rings (SSSR count). The van der Waals surface area contributed by atoms with Crippen LogP contribution in [0.4, 0.5) is 11.8 Å². The summed E-state index contributed by atoms with van der Waals surface area (Å²) in [6, 6.07) is 7.57. The highest BCUT2D eigenvalue weighted by molar-refractivity contribution is 5.89. The molecule has 158 valence electrons. The van der Waals surface area contributed by atoms with E-state index < -0.39 is 24.4 Å². The Morgan fingerprint density at radius 1 is 1.32 bits per heavy atom. The summed E-state index contributed by atoms with van der Waals surface area (Å²) in [5.74, 6) is 2.89. The summed E-state index contributed by atoms with van der Waals surface area (Å²) in [7, 11) is 0. The zero-order valence-electron chi connectivity index (χ0n) is 17.0. The molecule has 0 radical (unpaired) electrons. The number of carbonyl (C=O) groups excluding carboxylic acids is 1. The summed E-state index contributed by atoms with van der Waals surface area (Å²) in [5, 5.41) is 3.33. The van der Waals surface area contributed by atoms with Crippen LogP contribution in [0.25, 0.3) is 11.2 Å². The zero-order valence-corrected chi connectivity index (χ0v) is 17.0. The number of fused-ring (bicyclic) bond motifs is 1. The molecule has 0 spiro atoms. The molecule has 3 N–H and O–H groups in total. The number of nitrogens with zero attached hydrogens (tertiary/aromatic N) is 4. The van der Waals surface area contributed by atoms with Crippen molar-refractivity contribution in [3.63, 3.8) is 0 Å². The Hall–Kier alpha value is -3.64. The molecule has 9 heteroatoms. The number of imidazole rings is 1. The molecule has 1 aromatic carbocycles. The number of nitrogen functional groups attached to an aromatic ring is 1. The van der Waals surface area contributed by atoms with Gasteiger partial charge in [-0.25, -0.2) is 9.78 Å². The van der Waals surface area contributed by atoms with Gasteiger partial charge < -0.3 is 20.5 Å². The third kappa shape index (κ3) is 3.78. The van der Waals surface area contributed by atoms with Crippen LogP contribution in [-0.2, 0) is 9.47 Å². The molecular formula is C22H22N6O3. The van der Waals surface area contributed by atoms with E-state index in [2.05, 4.69) is 26.2 Å². The summed E-state index contributed by atoms with van der Waals surface area (Å²) >= 11 is 0. The largest absolute Gasteiger partial charge is 0.455 e. The molecule has 31 heavy (non-hydrogen) atoms. The Bertz CT molecular complexity index is 1180. The van der Waals surface area contributed by atoms with Gasteiger partial charge in [-0.15, -0.1) is 6.42 Å². The minimum Gasteiger partial charge on any atom is -0.455 e. The highest BCUT2D eigenvalue weighted by atomic mass is 16.6. The second kappa shape index (κ2) is 7.56. The monoisotopic (exact) mass is 418 g/mol. The number of benzene rings is 1. The van der Waals surface area contributed by atoms with Gasteiger partial charge in [0, 0.05) is 12.5 Å². The summed E-state index contributed by atoms with van der Waals surface area (Å²) in [4.78, 5) is 25.7. The van der Waals surface area contributed by atoms with E-state index in [1.54, 1.807) is 23.0 Å². The van der Waals surface area contributed by atoms with E-state index in [0.29, 0.717) is 35.0 Å². The summed E-state index contributed by atoms with van der Waals surface area (Å²) < 4.78 is 13.4. The first-order valence-electron chi connectivity index (χ1n) is 10.2. The number of aryl methyl sites for hydroxylation is 1. The lowest BCUT2D eigenvalue weighted by Gasteiger charge is -2.14. The van der Waals surface area contributed by atoms with Gasteiger partial charge >= 0.3 is 5.97 Å². The van der Waals surface area contributed by atoms with Crippen LogP contribution in [0.3, 0.4) is 0 Å². The highest BCUT2D eigenvalue weighted by Gasteiger charge is 2.39. The number of hydrogen-bond donors (Lipinski definition) is 2. The number of nitrogens with one attached hydrogen (secondary N) is 1. The van der Waals surface area contributed by atoms with Crippen LogP contribution in [0, 0.1) is 19.3 Å². The van der Waals surface area contributed by atoms with Crippen LogP contribution in [0.2, 0.25) is 0 Å². The Balaban J connectivity index is 1.38. The van der Waals surface area contributed by atoms with Crippen LogP contribution < -0.4 is 11.1 Å². The standard InChI is InChI=1S/C22H22N6O3/c1-3-15-16(31-21(29)13-6-4-12(2)5-7-13)10-17(30-15)28-11-24-18-19(25-14-8-9-14)26-22(23)27-20(18)28/h1,4-7,11,14-17H,8-10H2,2H3,(H3,23,25,26,27)/t15-,16+,17-/m1/s1. The van der Waals surface area contributed by atoms with Gasteiger partial charge in [0.2, 0.25) is 5.95 Å². The first-order valence-corrected chi connectivity index (χ1v) is 10.2. The van der Waals surface area contributed by atoms with E-state index in [1.165, 1.54) is 0 Å². The van der Waals surface area contributed by atoms with E-state index >= 15 is 0 Å². The van der Waals surface area contributed by atoms with Crippen molar-refractivity contribution in [2.45, 2.75) is 50.7 Å². The number of hydrogen-bond acceptors (Lipinski definition) is 8. The number of rotatable bonds is 5. The van der Waals surface area contributed by atoms with Crippen molar-refractivity contribution in [1.29, 1.82) is 0 Å². The van der Waals surface area contributed by atoms with Gasteiger partial charge in [0.1, 0.15) is 12.3 Å². The average molecular weight is 418 g/mol. The van der Waals surface area contributed by atoms with Crippen molar-refractivity contribution in [1.82, 2.24) is 19.5 Å². The maximum Gasteiger partial charge on any atom is 0.338 e. The van der Waals surface area contributed by atoms with Crippen molar-refractivity contribution >= 4 is 28.9 Å². The predicted molar refractivity (Wildman–Crippen MR) is 114 cm³/mol.